The van der Waals surface area contributed by atoms with Gasteiger partial charge in [0.05, 0.1) is 0 Å². The minimum absolute atomic E-state index is 0.407. The third kappa shape index (κ3) is 3.24. The molecular weight excluding hydrogens is 258 g/mol. The third-order valence-electron chi connectivity index (χ3n) is 5.38. The molecule has 1 saturated heterocycles. The molecule has 1 heterocycles. The normalized spacial score (nSPS) is 26.5. The molecule has 3 heteroatoms. The summed E-state index contributed by atoms with van der Waals surface area (Å²) in [7, 11) is 2.26. The van der Waals surface area contributed by atoms with Crippen molar-refractivity contribution >= 4 is 5.69 Å². The summed E-state index contributed by atoms with van der Waals surface area (Å²) in [6.07, 6.45) is 5.21. The van der Waals surface area contributed by atoms with Crippen molar-refractivity contribution in [2.45, 2.75) is 44.1 Å². The van der Waals surface area contributed by atoms with Gasteiger partial charge in [-0.25, -0.2) is 0 Å². The fourth-order valence-corrected chi connectivity index (χ4v) is 3.80. The quantitative estimate of drug-likeness (QED) is 0.864. The van der Waals surface area contributed by atoms with Gasteiger partial charge in [-0.1, -0.05) is 19.1 Å². The zero-order chi connectivity index (χ0) is 14.9. The Balaban J connectivity index is 1.73. The highest BCUT2D eigenvalue weighted by Gasteiger charge is 2.46. The molecule has 21 heavy (non-hydrogen) atoms. The van der Waals surface area contributed by atoms with Gasteiger partial charge < -0.3 is 10.6 Å². The van der Waals surface area contributed by atoms with Gasteiger partial charge >= 0.3 is 0 Å². The van der Waals surface area contributed by atoms with E-state index in [0.717, 1.165) is 5.69 Å². The van der Waals surface area contributed by atoms with Crippen LogP contribution in [0, 0.1) is 0 Å². The molecule has 1 aliphatic heterocycles. The number of hydrogen-bond acceptors (Lipinski definition) is 3. The van der Waals surface area contributed by atoms with Gasteiger partial charge in [0, 0.05) is 30.2 Å². The van der Waals surface area contributed by atoms with Crippen LogP contribution < -0.4 is 5.73 Å². The summed E-state index contributed by atoms with van der Waals surface area (Å²) >= 11 is 0. The highest BCUT2D eigenvalue weighted by molar-refractivity contribution is 5.43. The lowest BCUT2D eigenvalue weighted by Crippen LogP contribution is -2.43. The Bertz CT molecular complexity index is 464. The lowest BCUT2D eigenvalue weighted by atomic mass is 9.94. The fourth-order valence-electron chi connectivity index (χ4n) is 3.80. The molecule has 1 aromatic rings. The zero-order valence-electron chi connectivity index (χ0n) is 13.5. The molecule has 2 N–H and O–H groups in total. The molecule has 0 amide bonds. The molecule has 1 saturated carbocycles. The van der Waals surface area contributed by atoms with Crippen LogP contribution in [0.25, 0.3) is 0 Å². The molecule has 0 bridgehead atoms. The summed E-state index contributed by atoms with van der Waals surface area (Å²) < 4.78 is 0. The second kappa shape index (κ2) is 5.98. The molecule has 3 rings (SSSR count). The van der Waals surface area contributed by atoms with Crippen LogP contribution in [0.3, 0.4) is 0 Å². The Morgan fingerprint density at radius 3 is 2.52 bits per heavy atom. The van der Waals surface area contributed by atoms with E-state index in [1.807, 2.05) is 0 Å². The number of likely N-dealkylation sites (N-methyl/N-ethyl adjacent to an activating group) is 1. The summed E-state index contributed by atoms with van der Waals surface area (Å²) in [6, 6.07) is 9.32. The van der Waals surface area contributed by atoms with Crippen LogP contribution in [-0.2, 0) is 5.41 Å². The van der Waals surface area contributed by atoms with Gasteiger partial charge in [0.2, 0.25) is 0 Å². The van der Waals surface area contributed by atoms with Crippen molar-refractivity contribution in [2.24, 2.45) is 0 Å². The van der Waals surface area contributed by atoms with Crippen molar-refractivity contribution in [3.63, 3.8) is 0 Å². The Hall–Kier alpha value is -1.06. The molecule has 1 unspecified atom stereocenters. The lowest BCUT2D eigenvalue weighted by Gasteiger charge is -2.33. The second-order valence-electron chi connectivity index (χ2n) is 7.05. The van der Waals surface area contributed by atoms with Crippen molar-refractivity contribution in [3.05, 3.63) is 29.8 Å². The van der Waals surface area contributed by atoms with Gasteiger partial charge in [-0.05, 0) is 63.5 Å². The monoisotopic (exact) mass is 287 g/mol. The SMILES string of the molecule is CCC1CN(C)CCCN1CC1(c2ccc(N)cc2)CC1. The van der Waals surface area contributed by atoms with Crippen molar-refractivity contribution in [1.82, 2.24) is 9.80 Å². The number of hydrogen-bond donors (Lipinski definition) is 1. The number of benzene rings is 1. The van der Waals surface area contributed by atoms with Gasteiger partial charge in [0.1, 0.15) is 0 Å². The van der Waals surface area contributed by atoms with Gasteiger partial charge in [-0.3, -0.25) is 4.90 Å². The maximum absolute atomic E-state index is 5.84. The van der Waals surface area contributed by atoms with Crippen molar-refractivity contribution in [1.29, 1.82) is 0 Å². The van der Waals surface area contributed by atoms with Crippen molar-refractivity contribution in [2.75, 3.05) is 39.0 Å². The predicted octanol–water partition coefficient (Wildman–Crippen LogP) is 2.72. The minimum atomic E-state index is 0.407. The fraction of sp³-hybridized carbons (Fsp3) is 0.667. The first kappa shape index (κ1) is 14.9. The summed E-state index contributed by atoms with van der Waals surface area (Å²) in [4.78, 5) is 5.25. The Morgan fingerprint density at radius 2 is 1.90 bits per heavy atom. The summed E-state index contributed by atoms with van der Waals surface area (Å²) in [6.45, 7) is 7.26. The van der Waals surface area contributed by atoms with E-state index in [-0.39, 0.29) is 0 Å². The molecule has 2 aliphatic rings. The Kier molecular flexibility index (Phi) is 4.23. The average molecular weight is 287 g/mol. The smallest absolute Gasteiger partial charge is 0.0314 e. The summed E-state index contributed by atoms with van der Waals surface area (Å²) in [5, 5.41) is 0. The number of nitrogens with zero attached hydrogens (tertiary/aromatic N) is 2. The number of nitrogen functional groups attached to an aromatic ring is 1. The maximum Gasteiger partial charge on any atom is 0.0314 e. The van der Waals surface area contributed by atoms with Crippen LogP contribution in [-0.4, -0.2) is 49.1 Å². The first-order valence-corrected chi connectivity index (χ1v) is 8.41. The van der Waals surface area contributed by atoms with Crippen LogP contribution in [0.15, 0.2) is 24.3 Å². The predicted molar refractivity (Wildman–Crippen MR) is 89.5 cm³/mol. The van der Waals surface area contributed by atoms with Gasteiger partial charge in [0.25, 0.3) is 0 Å². The van der Waals surface area contributed by atoms with E-state index in [4.69, 9.17) is 5.73 Å². The van der Waals surface area contributed by atoms with Crippen molar-refractivity contribution in [3.8, 4) is 0 Å². The number of rotatable bonds is 4. The first-order chi connectivity index (χ1) is 10.1. The average Bonchev–Trinajstić information content (AvgIpc) is 3.26. The summed E-state index contributed by atoms with van der Waals surface area (Å²) in [5.41, 5.74) is 8.61. The van der Waals surface area contributed by atoms with Crippen LogP contribution >= 0.6 is 0 Å². The van der Waals surface area contributed by atoms with Crippen LogP contribution in [0.5, 0.6) is 0 Å². The minimum Gasteiger partial charge on any atom is -0.399 e. The molecule has 1 aliphatic carbocycles. The van der Waals surface area contributed by atoms with E-state index >= 15 is 0 Å². The maximum atomic E-state index is 5.84. The molecule has 116 valence electrons. The molecule has 1 aromatic carbocycles. The summed E-state index contributed by atoms with van der Waals surface area (Å²) in [5.74, 6) is 0. The van der Waals surface area contributed by atoms with E-state index in [1.165, 1.54) is 57.4 Å². The van der Waals surface area contributed by atoms with E-state index in [1.54, 1.807) is 0 Å². The van der Waals surface area contributed by atoms with E-state index in [2.05, 4.69) is 48.0 Å². The highest BCUT2D eigenvalue weighted by atomic mass is 15.2. The molecule has 1 atom stereocenters. The lowest BCUT2D eigenvalue weighted by molar-refractivity contribution is 0.168. The van der Waals surface area contributed by atoms with Crippen LogP contribution in [0.4, 0.5) is 5.69 Å². The molecule has 3 nitrogen and oxygen atoms in total. The topological polar surface area (TPSA) is 32.5 Å². The first-order valence-electron chi connectivity index (χ1n) is 8.41. The van der Waals surface area contributed by atoms with E-state index in [0.29, 0.717) is 11.5 Å². The molecule has 0 radical (unpaired) electrons. The standard InChI is InChI=1S/C18H29N3/c1-3-17-13-20(2)11-4-12-21(17)14-18(9-10-18)15-5-7-16(19)8-6-15/h5-8,17H,3-4,9-14,19H2,1-2H3. The van der Waals surface area contributed by atoms with Crippen LogP contribution in [0.1, 0.15) is 38.2 Å². The molecule has 0 aromatic heterocycles. The highest BCUT2D eigenvalue weighted by Crippen LogP contribution is 2.49. The zero-order valence-corrected chi connectivity index (χ0v) is 13.5. The van der Waals surface area contributed by atoms with Crippen molar-refractivity contribution < 1.29 is 0 Å². The molecule has 0 spiro atoms. The largest absolute Gasteiger partial charge is 0.399 e. The third-order valence-corrected chi connectivity index (χ3v) is 5.38. The van der Waals surface area contributed by atoms with Gasteiger partial charge in [0.15, 0.2) is 0 Å². The second-order valence-corrected chi connectivity index (χ2v) is 7.05. The Morgan fingerprint density at radius 1 is 1.19 bits per heavy atom. The Labute approximate surface area is 129 Å². The molecular formula is C18H29N3. The number of anilines is 1. The number of nitrogens with two attached hydrogens (primary N) is 1. The van der Waals surface area contributed by atoms with Crippen LogP contribution in [0.2, 0.25) is 0 Å². The van der Waals surface area contributed by atoms with Gasteiger partial charge in [-0.2, -0.15) is 0 Å². The van der Waals surface area contributed by atoms with E-state index in [9.17, 15) is 0 Å². The van der Waals surface area contributed by atoms with Gasteiger partial charge in [-0.15, -0.1) is 0 Å². The van der Waals surface area contributed by atoms with E-state index < -0.39 is 0 Å². The molecule has 2 fully saturated rings.